The number of amidine groups is 1. The van der Waals surface area contributed by atoms with Crippen LogP contribution in [-0.2, 0) is 0 Å². The van der Waals surface area contributed by atoms with Crippen LogP contribution in [0.15, 0.2) is 24.3 Å². The Morgan fingerprint density at radius 2 is 1.62 bits per heavy atom. The number of para-hydroxylation sites is 2. The summed E-state index contributed by atoms with van der Waals surface area (Å²) in [5.74, 6) is -3.09. The molecule has 0 spiro atoms. The Balaban J connectivity index is 1.99. The van der Waals surface area contributed by atoms with E-state index in [4.69, 9.17) is 44.3 Å². The average Bonchev–Trinajstić information content (AvgIpc) is 2.92. The van der Waals surface area contributed by atoms with Gasteiger partial charge in [0.25, 0.3) is 0 Å². The van der Waals surface area contributed by atoms with Gasteiger partial charge in [0.1, 0.15) is 0 Å². The highest BCUT2D eigenvalue weighted by molar-refractivity contribution is 6.68. The second-order valence-corrected chi connectivity index (χ2v) is 8.31. The summed E-state index contributed by atoms with van der Waals surface area (Å²) >= 11 is 17.9. The summed E-state index contributed by atoms with van der Waals surface area (Å²) in [7, 11) is 1.83. The van der Waals surface area contributed by atoms with Gasteiger partial charge in [-0.3, -0.25) is 9.48 Å². The molecule has 0 amide bonds. The van der Waals surface area contributed by atoms with E-state index < -0.39 is 21.7 Å². The average molecular weight is 434 g/mol. The smallest absolute Gasteiger partial charge is 0.411 e. The third kappa shape index (κ3) is 3.78. The predicted octanol–water partition coefficient (Wildman–Crippen LogP) is 2.99. The van der Waals surface area contributed by atoms with Gasteiger partial charge in [-0.1, -0.05) is 46.9 Å². The van der Waals surface area contributed by atoms with Crippen molar-refractivity contribution in [1.29, 1.82) is 0 Å². The molecule has 0 radical (unpaired) electrons. The van der Waals surface area contributed by atoms with Gasteiger partial charge in [0.15, 0.2) is 11.5 Å². The molecule has 5 nitrogen and oxygen atoms in total. The van der Waals surface area contributed by atoms with Crippen molar-refractivity contribution in [3.63, 3.8) is 0 Å². The van der Waals surface area contributed by atoms with Gasteiger partial charge >= 0.3 is 21.7 Å². The van der Waals surface area contributed by atoms with Gasteiger partial charge in [0.05, 0.1) is 13.1 Å². The van der Waals surface area contributed by atoms with Crippen molar-refractivity contribution in [3.05, 3.63) is 24.3 Å². The van der Waals surface area contributed by atoms with Crippen LogP contribution in [0.2, 0.25) is 0 Å². The van der Waals surface area contributed by atoms with E-state index in [9.17, 15) is 13.2 Å². The van der Waals surface area contributed by atoms with Crippen LogP contribution in [0.1, 0.15) is 0 Å². The van der Waals surface area contributed by atoms with Crippen molar-refractivity contribution >= 4 is 40.6 Å². The Hall–Kier alpha value is -1.09. The molecule has 0 aromatic heterocycles. The van der Waals surface area contributed by atoms with Crippen molar-refractivity contribution < 1.29 is 27.2 Å². The maximum Gasteiger partial charge on any atom is 0.494 e. The highest BCUT2D eigenvalue weighted by atomic mass is 35.6. The largest absolute Gasteiger partial charge is 0.494 e. The Kier molecular flexibility index (Phi) is 5.16. The third-order valence-electron chi connectivity index (χ3n) is 4.10. The van der Waals surface area contributed by atoms with Gasteiger partial charge in [0.2, 0.25) is 0 Å². The van der Waals surface area contributed by atoms with E-state index in [1.54, 1.807) is 12.1 Å². The molecular formula is C15H16Cl3F3N3O2+. The summed E-state index contributed by atoms with van der Waals surface area (Å²) in [6, 6.07) is 6.29. The molecule has 11 heteroatoms. The summed E-state index contributed by atoms with van der Waals surface area (Å²) in [5, 5.41) is 2.20. The Bertz CT molecular complexity index is 687. The van der Waals surface area contributed by atoms with E-state index >= 15 is 0 Å². The number of piperazine rings is 1. The van der Waals surface area contributed by atoms with Crippen molar-refractivity contribution in [1.82, 2.24) is 10.2 Å². The maximum atomic E-state index is 13.7. The first-order valence-corrected chi connectivity index (χ1v) is 8.85. The number of ether oxygens (including phenoxy) is 2. The lowest BCUT2D eigenvalue weighted by Crippen LogP contribution is -2.67. The zero-order valence-electron chi connectivity index (χ0n) is 13.6. The lowest BCUT2D eigenvalue weighted by molar-refractivity contribution is -0.548. The molecule has 1 aromatic carbocycles. The van der Waals surface area contributed by atoms with E-state index in [2.05, 4.69) is 5.32 Å². The van der Waals surface area contributed by atoms with E-state index in [0.717, 1.165) is 4.58 Å². The molecule has 2 heterocycles. The fourth-order valence-electron chi connectivity index (χ4n) is 2.70. The van der Waals surface area contributed by atoms with Gasteiger partial charge in [-0.05, 0) is 19.2 Å². The van der Waals surface area contributed by atoms with Crippen molar-refractivity contribution in [2.24, 2.45) is 0 Å². The molecule has 2 aliphatic rings. The van der Waals surface area contributed by atoms with Crippen molar-refractivity contribution in [2.75, 3.05) is 33.2 Å². The Morgan fingerprint density at radius 3 is 2.04 bits per heavy atom. The van der Waals surface area contributed by atoms with Crippen LogP contribution in [-0.4, -0.2) is 64.4 Å². The van der Waals surface area contributed by atoms with Crippen LogP contribution < -0.4 is 14.8 Å². The summed E-state index contributed by atoms with van der Waals surface area (Å²) in [4.78, 5) is 1.92. The second-order valence-electron chi connectivity index (χ2n) is 6.03. The number of benzene rings is 1. The maximum absolute atomic E-state index is 13.7. The number of nitrogens with one attached hydrogen (secondary N) is 1. The fraction of sp³-hybridized carbons (Fsp3) is 0.533. The number of rotatable bonds is 1. The molecule has 0 aliphatic carbocycles. The Labute approximate surface area is 163 Å². The van der Waals surface area contributed by atoms with Crippen LogP contribution in [0.25, 0.3) is 0 Å². The van der Waals surface area contributed by atoms with Gasteiger partial charge in [0, 0.05) is 13.1 Å². The summed E-state index contributed by atoms with van der Waals surface area (Å²) in [5.41, 5.74) is 0. The van der Waals surface area contributed by atoms with Crippen LogP contribution >= 0.6 is 34.8 Å². The number of fused-ring (bicyclic) bond motifs is 1. The highest BCUT2D eigenvalue weighted by Gasteiger charge is 2.66. The first kappa shape index (κ1) is 19.7. The standard InChI is InChI=1S/C15H15Cl3F3N3O2/c1-23-6-8-24(9-7-23)12(13(19,20)21)22-15(14(16,17)18)25-10-4-2-3-5-11(10)26-15/h2-5H,6-9H2,1H3/p+1. The number of likely N-dealkylation sites (N-methyl/N-ethyl adjacent to an activating group) is 1. The van der Waals surface area contributed by atoms with Crippen molar-refractivity contribution in [3.8, 4) is 11.5 Å². The number of nitrogens with zero attached hydrogens (tertiary/aromatic N) is 2. The summed E-state index contributed by atoms with van der Waals surface area (Å²) in [6.07, 6.45) is -4.72. The molecule has 1 aromatic rings. The first-order chi connectivity index (χ1) is 12.0. The molecule has 2 aliphatic heterocycles. The first-order valence-electron chi connectivity index (χ1n) is 7.71. The summed E-state index contributed by atoms with van der Waals surface area (Å²) in [6.45, 7) is 1.23. The molecule has 1 fully saturated rings. The topological polar surface area (TPSA) is 36.7 Å². The van der Waals surface area contributed by atoms with Gasteiger partial charge in [-0.25, -0.2) is 0 Å². The minimum Gasteiger partial charge on any atom is -0.411 e. The molecule has 0 bridgehead atoms. The van der Waals surface area contributed by atoms with E-state index in [1.165, 1.54) is 12.1 Å². The van der Waals surface area contributed by atoms with E-state index in [0.29, 0.717) is 13.1 Å². The number of hydrogen-bond donors (Lipinski definition) is 1. The van der Waals surface area contributed by atoms with Gasteiger partial charge < -0.3 is 9.47 Å². The quantitative estimate of drug-likeness (QED) is 0.420. The zero-order chi connectivity index (χ0) is 19.2. The number of halogens is 6. The number of alkyl halides is 6. The molecule has 144 valence electrons. The normalized spacial score (nSPS) is 20.2. The Morgan fingerprint density at radius 1 is 1.12 bits per heavy atom. The molecule has 1 saturated heterocycles. The lowest BCUT2D eigenvalue weighted by Gasteiger charge is -2.32. The molecule has 0 atom stereocenters. The van der Waals surface area contributed by atoms with Crippen LogP contribution in [0.5, 0.6) is 11.5 Å². The summed E-state index contributed by atoms with van der Waals surface area (Å²) < 4.78 is 51.1. The molecular weight excluding hydrogens is 418 g/mol. The van der Waals surface area contributed by atoms with Crippen LogP contribution in [0, 0.1) is 0 Å². The van der Waals surface area contributed by atoms with Crippen LogP contribution in [0.3, 0.4) is 0 Å². The lowest BCUT2D eigenvalue weighted by atomic mass is 10.3. The molecule has 3 rings (SSSR count). The second kappa shape index (κ2) is 6.82. The van der Waals surface area contributed by atoms with Crippen LogP contribution in [0.4, 0.5) is 13.2 Å². The van der Waals surface area contributed by atoms with Gasteiger partial charge in [-0.15, -0.1) is 0 Å². The molecule has 26 heavy (non-hydrogen) atoms. The van der Waals surface area contributed by atoms with Gasteiger partial charge in [-0.2, -0.15) is 18.5 Å². The van der Waals surface area contributed by atoms with Crippen molar-refractivity contribution in [2.45, 2.75) is 15.9 Å². The third-order valence-corrected chi connectivity index (χ3v) is 4.85. The minimum atomic E-state index is -4.72. The van der Waals surface area contributed by atoms with E-state index in [-0.39, 0.29) is 24.6 Å². The zero-order valence-corrected chi connectivity index (χ0v) is 15.9. The number of hydrogen-bond acceptors (Lipinski definition) is 3. The molecule has 0 saturated carbocycles. The molecule has 1 N–H and O–H groups in total. The fourth-order valence-corrected chi connectivity index (χ4v) is 3.08. The SMILES string of the molecule is CN1CC[N+](=C(NC2(C(Cl)(Cl)Cl)Oc3ccccc3O2)C(F)(F)F)CC1. The monoisotopic (exact) mass is 432 g/mol. The minimum absolute atomic E-state index is 0.154. The molecule has 0 unspecified atom stereocenters. The van der Waals surface area contributed by atoms with E-state index in [1.807, 2.05) is 11.9 Å². The predicted molar refractivity (Wildman–Crippen MR) is 92.4 cm³/mol. The highest BCUT2D eigenvalue weighted by Crippen LogP contribution is 2.48.